The second-order valence-electron chi connectivity index (χ2n) is 4.39. The molecule has 0 saturated heterocycles. The van der Waals surface area contributed by atoms with Gasteiger partial charge in [-0.3, -0.25) is 9.59 Å². The summed E-state index contributed by atoms with van der Waals surface area (Å²) in [7, 11) is 0. The van der Waals surface area contributed by atoms with Gasteiger partial charge in [0, 0.05) is 18.9 Å². The summed E-state index contributed by atoms with van der Waals surface area (Å²) in [5, 5.41) is 2.75. The smallest absolute Gasteiger partial charge is 0.223 e. The predicted molar refractivity (Wildman–Crippen MR) is 61.3 cm³/mol. The van der Waals surface area contributed by atoms with E-state index in [0.717, 1.165) is 25.7 Å². The molecular weight excluding hydrogens is 206 g/mol. The Morgan fingerprint density at radius 1 is 1.25 bits per heavy atom. The van der Waals surface area contributed by atoms with Gasteiger partial charge < -0.3 is 16.8 Å². The van der Waals surface area contributed by atoms with Gasteiger partial charge >= 0.3 is 0 Å². The Hall–Kier alpha value is -1.10. The van der Waals surface area contributed by atoms with E-state index in [1.54, 1.807) is 0 Å². The van der Waals surface area contributed by atoms with Gasteiger partial charge in [-0.15, -0.1) is 0 Å². The predicted octanol–water partition coefficient (Wildman–Crippen LogP) is -0.257. The van der Waals surface area contributed by atoms with Crippen LogP contribution >= 0.6 is 0 Å². The quantitative estimate of drug-likeness (QED) is 0.603. The second-order valence-corrected chi connectivity index (χ2v) is 4.39. The molecule has 0 radical (unpaired) electrons. The average Bonchev–Trinajstić information content (AvgIpc) is 2.28. The summed E-state index contributed by atoms with van der Waals surface area (Å²) in [6, 6.07) is 0. The van der Waals surface area contributed by atoms with Gasteiger partial charge in [-0.05, 0) is 25.3 Å². The number of nitrogens with one attached hydrogen (secondary N) is 1. The van der Waals surface area contributed by atoms with Crippen LogP contribution < -0.4 is 16.8 Å². The van der Waals surface area contributed by atoms with Crippen LogP contribution in [0.15, 0.2) is 0 Å². The lowest BCUT2D eigenvalue weighted by atomic mass is 9.79. The number of primary amides is 1. The molecule has 1 saturated carbocycles. The third kappa shape index (κ3) is 3.81. The molecule has 0 bridgehead atoms. The van der Waals surface area contributed by atoms with Gasteiger partial charge in [-0.2, -0.15) is 0 Å². The lowest BCUT2D eigenvalue weighted by molar-refractivity contribution is -0.127. The normalized spacial score (nSPS) is 25.1. The molecule has 1 rings (SSSR count). The minimum atomic E-state index is -0.390. The van der Waals surface area contributed by atoms with Crippen LogP contribution in [0.5, 0.6) is 0 Å². The lowest BCUT2D eigenvalue weighted by Gasteiger charge is -2.29. The Labute approximate surface area is 95.9 Å². The largest absolute Gasteiger partial charge is 0.370 e. The summed E-state index contributed by atoms with van der Waals surface area (Å²) in [6.07, 6.45) is 4.39. The van der Waals surface area contributed by atoms with E-state index in [0.29, 0.717) is 19.0 Å². The number of nitrogens with two attached hydrogens (primary N) is 2. The first-order valence-corrected chi connectivity index (χ1v) is 5.91. The first kappa shape index (κ1) is 13.0. The summed E-state index contributed by atoms with van der Waals surface area (Å²) in [4.78, 5) is 22.4. The molecule has 0 heterocycles. The van der Waals surface area contributed by atoms with E-state index >= 15 is 0 Å². The summed E-state index contributed by atoms with van der Waals surface area (Å²) in [5.74, 6) is -0.0512. The van der Waals surface area contributed by atoms with Crippen molar-refractivity contribution in [2.75, 3.05) is 13.1 Å². The fourth-order valence-corrected chi connectivity index (χ4v) is 2.27. The standard InChI is InChI=1S/C11H21N3O2/c12-7-8-3-1-2-4-9(8)11(16)14-6-5-10(13)15/h8-9H,1-7,12H2,(H2,13,15)(H,14,16). The van der Waals surface area contributed by atoms with Crippen molar-refractivity contribution in [3.63, 3.8) is 0 Å². The minimum Gasteiger partial charge on any atom is -0.370 e. The first-order chi connectivity index (χ1) is 7.65. The van der Waals surface area contributed by atoms with Crippen molar-refractivity contribution < 1.29 is 9.59 Å². The van der Waals surface area contributed by atoms with Crippen LogP contribution in [0.25, 0.3) is 0 Å². The Morgan fingerprint density at radius 2 is 1.94 bits per heavy atom. The molecule has 0 aliphatic heterocycles. The maximum absolute atomic E-state index is 11.8. The van der Waals surface area contributed by atoms with Crippen molar-refractivity contribution in [2.24, 2.45) is 23.3 Å². The monoisotopic (exact) mass is 227 g/mol. The number of amides is 2. The van der Waals surface area contributed by atoms with Crippen LogP contribution in [0.3, 0.4) is 0 Å². The van der Waals surface area contributed by atoms with E-state index in [4.69, 9.17) is 11.5 Å². The van der Waals surface area contributed by atoms with Crippen molar-refractivity contribution >= 4 is 11.8 Å². The molecule has 2 atom stereocenters. The number of rotatable bonds is 5. The molecule has 0 aromatic rings. The van der Waals surface area contributed by atoms with Crippen LogP contribution in [0, 0.1) is 11.8 Å². The van der Waals surface area contributed by atoms with Crippen molar-refractivity contribution in [1.29, 1.82) is 0 Å². The zero-order valence-corrected chi connectivity index (χ0v) is 9.58. The third-order valence-electron chi connectivity index (χ3n) is 3.22. The maximum atomic E-state index is 11.8. The van der Waals surface area contributed by atoms with E-state index < -0.39 is 0 Å². The average molecular weight is 227 g/mol. The fourth-order valence-electron chi connectivity index (χ4n) is 2.27. The molecule has 1 aliphatic rings. The maximum Gasteiger partial charge on any atom is 0.223 e. The molecule has 1 aliphatic carbocycles. The topological polar surface area (TPSA) is 98.2 Å². The fraction of sp³-hybridized carbons (Fsp3) is 0.818. The molecule has 92 valence electrons. The molecule has 0 spiro atoms. The molecule has 0 aromatic heterocycles. The third-order valence-corrected chi connectivity index (χ3v) is 3.22. The molecule has 1 fully saturated rings. The first-order valence-electron chi connectivity index (χ1n) is 5.91. The Kier molecular flexibility index (Phi) is 5.25. The molecule has 16 heavy (non-hydrogen) atoms. The molecule has 2 amide bonds. The number of carbonyl (C=O) groups excluding carboxylic acids is 2. The van der Waals surface area contributed by atoms with E-state index in [1.807, 2.05) is 0 Å². The summed E-state index contributed by atoms with van der Waals surface area (Å²) in [5.41, 5.74) is 10.7. The highest BCUT2D eigenvalue weighted by atomic mass is 16.2. The highest BCUT2D eigenvalue weighted by Gasteiger charge is 2.29. The Morgan fingerprint density at radius 3 is 2.56 bits per heavy atom. The minimum absolute atomic E-state index is 0.0200. The Bertz CT molecular complexity index is 256. The summed E-state index contributed by atoms with van der Waals surface area (Å²) < 4.78 is 0. The molecule has 5 N–H and O–H groups in total. The number of hydrogen-bond acceptors (Lipinski definition) is 3. The van der Waals surface area contributed by atoms with Gasteiger partial charge in [0.1, 0.15) is 0 Å². The Balaban J connectivity index is 2.35. The van der Waals surface area contributed by atoms with E-state index in [9.17, 15) is 9.59 Å². The van der Waals surface area contributed by atoms with E-state index in [2.05, 4.69) is 5.32 Å². The molecule has 0 aromatic carbocycles. The molecular formula is C11H21N3O2. The van der Waals surface area contributed by atoms with Gasteiger partial charge in [0.2, 0.25) is 11.8 Å². The van der Waals surface area contributed by atoms with E-state index in [1.165, 1.54) is 0 Å². The van der Waals surface area contributed by atoms with Crippen LogP contribution in [-0.4, -0.2) is 24.9 Å². The van der Waals surface area contributed by atoms with Crippen LogP contribution in [0.4, 0.5) is 0 Å². The highest BCUT2D eigenvalue weighted by Crippen LogP contribution is 2.29. The molecule has 5 heteroatoms. The van der Waals surface area contributed by atoms with E-state index in [-0.39, 0.29) is 24.2 Å². The van der Waals surface area contributed by atoms with Gasteiger partial charge in [0.25, 0.3) is 0 Å². The van der Waals surface area contributed by atoms with Crippen LogP contribution in [-0.2, 0) is 9.59 Å². The van der Waals surface area contributed by atoms with Crippen molar-refractivity contribution in [3.8, 4) is 0 Å². The number of hydrogen-bond donors (Lipinski definition) is 3. The van der Waals surface area contributed by atoms with Gasteiger partial charge in [0.15, 0.2) is 0 Å². The number of carbonyl (C=O) groups is 2. The van der Waals surface area contributed by atoms with Crippen molar-refractivity contribution in [1.82, 2.24) is 5.32 Å². The van der Waals surface area contributed by atoms with Crippen molar-refractivity contribution in [3.05, 3.63) is 0 Å². The lowest BCUT2D eigenvalue weighted by Crippen LogP contribution is -2.40. The molecule has 2 unspecified atom stereocenters. The molecule has 5 nitrogen and oxygen atoms in total. The summed E-state index contributed by atoms with van der Waals surface area (Å²) >= 11 is 0. The van der Waals surface area contributed by atoms with Crippen molar-refractivity contribution in [2.45, 2.75) is 32.1 Å². The second kappa shape index (κ2) is 6.48. The van der Waals surface area contributed by atoms with Gasteiger partial charge in [-0.1, -0.05) is 12.8 Å². The zero-order chi connectivity index (χ0) is 12.0. The van der Waals surface area contributed by atoms with Crippen LogP contribution in [0.1, 0.15) is 32.1 Å². The van der Waals surface area contributed by atoms with Gasteiger partial charge in [0.05, 0.1) is 0 Å². The SMILES string of the molecule is NCC1CCCCC1C(=O)NCCC(N)=O. The highest BCUT2D eigenvalue weighted by molar-refractivity contribution is 5.80. The zero-order valence-electron chi connectivity index (χ0n) is 9.58. The van der Waals surface area contributed by atoms with Gasteiger partial charge in [-0.25, -0.2) is 0 Å². The summed E-state index contributed by atoms with van der Waals surface area (Å²) in [6.45, 7) is 0.899. The van der Waals surface area contributed by atoms with Crippen LogP contribution in [0.2, 0.25) is 0 Å².